The smallest absolute Gasteiger partial charge is 0.252 e. The zero-order valence-electron chi connectivity index (χ0n) is 11.6. The quantitative estimate of drug-likeness (QED) is 0.803. The van der Waals surface area contributed by atoms with Gasteiger partial charge in [0.15, 0.2) is 0 Å². The Kier molecular flexibility index (Phi) is 3.97. The Bertz CT molecular complexity index is 313. The van der Waals surface area contributed by atoms with Crippen LogP contribution in [0.15, 0.2) is 0 Å². The van der Waals surface area contributed by atoms with Gasteiger partial charge in [-0.2, -0.15) is 0 Å². The van der Waals surface area contributed by atoms with Crippen LogP contribution in [0.3, 0.4) is 0 Å². The highest BCUT2D eigenvalue weighted by molar-refractivity contribution is 5.85. The molecular weight excluding hydrogens is 228 g/mol. The third kappa shape index (κ3) is 2.41. The van der Waals surface area contributed by atoms with E-state index in [1.807, 2.05) is 6.92 Å². The van der Waals surface area contributed by atoms with Crippen LogP contribution in [-0.4, -0.2) is 30.2 Å². The monoisotopic (exact) mass is 254 g/mol. The molecule has 3 atom stereocenters. The minimum absolute atomic E-state index is 0.0270. The van der Waals surface area contributed by atoms with Crippen LogP contribution in [0, 0.1) is 5.92 Å². The lowest BCUT2D eigenvalue weighted by Gasteiger charge is -2.44. The Morgan fingerprint density at radius 2 is 2.17 bits per heavy atom. The van der Waals surface area contributed by atoms with Gasteiger partial charge in [0.2, 0.25) is 0 Å². The molecule has 0 radical (unpaired) electrons. The van der Waals surface area contributed by atoms with Crippen molar-refractivity contribution in [1.29, 1.82) is 0 Å². The first-order valence-corrected chi connectivity index (χ1v) is 7.19. The maximum Gasteiger partial charge on any atom is 0.252 e. The SMILES string of the molecule is CC1CCCCC1(CN)NC(=O)C1(C)CCCO1. The van der Waals surface area contributed by atoms with Gasteiger partial charge in [0.25, 0.3) is 5.91 Å². The topological polar surface area (TPSA) is 64.3 Å². The number of rotatable bonds is 3. The highest BCUT2D eigenvalue weighted by Crippen LogP contribution is 2.34. The summed E-state index contributed by atoms with van der Waals surface area (Å²) in [6, 6.07) is 0. The molecule has 1 heterocycles. The molecule has 4 heteroatoms. The van der Waals surface area contributed by atoms with Crippen molar-refractivity contribution in [3.05, 3.63) is 0 Å². The molecule has 1 aliphatic carbocycles. The summed E-state index contributed by atoms with van der Waals surface area (Å²) in [6.07, 6.45) is 6.32. The molecule has 104 valence electrons. The van der Waals surface area contributed by atoms with E-state index in [1.54, 1.807) is 0 Å². The van der Waals surface area contributed by atoms with E-state index in [4.69, 9.17) is 10.5 Å². The predicted octanol–water partition coefficient (Wildman–Crippen LogP) is 1.58. The van der Waals surface area contributed by atoms with Crippen molar-refractivity contribution in [2.75, 3.05) is 13.2 Å². The number of carbonyl (C=O) groups is 1. The summed E-state index contributed by atoms with van der Waals surface area (Å²) in [7, 11) is 0. The van der Waals surface area contributed by atoms with Crippen molar-refractivity contribution in [2.24, 2.45) is 11.7 Å². The minimum Gasteiger partial charge on any atom is -0.365 e. The van der Waals surface area contributed by atoms with Crippen LogP contribution in [0.25, 0.3) is 0 Å². The molecule has 0 aromatic rings. The fraction of sp³-hybridized carbons (Fsp3) is 0.929. The summed E-state index contributed by atoms with van der Waals surface area (Å²) in [6.45, 7) is 5.31. The van der Waals surface area contributed by atoms with Crippen LogP contribution < -0.4 is 11.1 Å². The summed E-state index contributed by atoms with van der Waals surface area (Å²) in [5, 5.41) is 3.23. The van der Waals surface area contributed by atoms with E-state index in [1.165, 1.54) is 6.42 Å². The molecule has 1 aliphatic heterocycles. The standard InChI is InChI=1S/C14H26N2O2/c1-11-6-3-4-8-14(11,10-15)16-12(17)13(2)7-5-9-18-13/h11H,3-10,15H2,1-2H3,(H,16,17). The number of nitrogens with one attached hydrogen (secondary N) is 1. The largest absolute Gasteiger partial charge is 0.365 e. The molecule has 2 fully saturated rings. The maximum absolute atomic E-state index is 12.5. The molecule has 1 saturated carbocycles. The average molecular weight is 254 g/mol. The lowest BCUT2D eigenvalue weighted by Crippen LogP contribution is -2.62. The first-order chi connectivity index (χ1) is 8.52. The lowest BCUT2D eigenvalue weighted by molar-refractivity contribution is -0.142. The Labute approximate surface area is 110 Å². The number of hydrogen-bond acceptors (Lipinski definition) is 3. The second-order valence-corrected chi connectivity index (χ2v) is 6.14. The molecule has 3 N–H and O–H groups in total. The second-order valence-electron chi connectivity index (χ2n) is 6.14. The van der Waals surface area contributed by atoms with Gasteiger partial charge < -0.3 is 15.8 Å². The van der Waals surface area contributed by atoms with Crippen LogP contribution in [0.4, 0.5) is 0 Å². The lowest BCUT2D eigenvalue weighted by atomic mass is 9.73. The maximum atomic E-state index is 12.5. The first-order valence-electron chi connectivity index (χ1n) is 7.19. The zero-order valence-corrected chi connectivity index (χ0v) is 11.6. The van der Waals surface area contributed by atoms with E-state index in [-0.39, 0.29) is 11.4 Å². The molecule has 18 heavy (non-hydrogen) atoms. The number of ether oxygens (including phenoxy) is 1. The highest BCUT2D eigenvalue weighted by atomic mass is 16.5. The van der Waals surface area contributed by atoms with Gasteiger partial charge >= 0.3 is 0 Å². The first kappa shape index (κ1) is 13.8. The van der Waals surface area contributed by atoms with E-state index < -0.39 is 5.60 Å². The summed E-state index contributed by atoms with van der Waals surface area (Å²) >= 11 is 0. The second kappa shape index (κ2) is 5.17. The van der Waals surface area contributed by atoms with Gasteiger partial charge in [-0.15, -0.1) is 0 Å². The van der Waals surface area contributed by atoms with Gasteiger partial charge in [0.1, 0.15) is 5.60 Å². The van der Waals surface area contributed by atoms with Crippen molar-refractivity contribution in [3.8, 4) is 0 Å². The van der Waals surface area contributed by atoms with Crippen molar-refractivity contribution in [2.45, 2.75) is 63.5 Å². The number of nitrogens with two attached hydrogens (primary N) is 1. The Hall–Kier alpha value is -0.610. The highest BCUT2D eigenvalue weighted by Gasteiger charge is 2.44. The third-order valence-electron chi connectivity index (χ3n) is 4.88. The molecule has 4 nitrogen and oxygen atoms in total. The van der Waals surface area contributed by atoms with Crippen LogP contribution in [0.1, 0.15) is 52.4 Å². The predicted molar refractivity (Wildman–Crippen MR) is 71.2 cm³/mol. The number of amides is 1. The molecule has 2 rings (SSSR count). The minimum atomic E-state index is -0.640. The molecule has 0 aromatic heterocycles. The van der Waals surface area contributed by atoms with Gasteiger partial charge in [0, 0.05) is 13.2 Å². The van der Waals surface area contributed by atoms with Gasteiger partial charge in [-0.1, -0.05) is 19.8 Å². The Morgan fingerprint density at radius 1 is 1.39 bits per heavy atom. The van der Waals surface area contributed by atoms with Crippen LogP contribution in [0.2, 0.25) is 0 Å². The molecule has 1 amide bonds. The summed E-state index contributed by atoms with van der Waals surface area (Å²) in [5.74, 6) is 0.476. The molecular formula is C14H26N2O2. The van der Waals surface area contributed by atoms with Crippen LogP contribution in [-0.2, 0) is 9.53 Å². The number of carbonyl (C=O) groups excluding carboxylic acids is 1. The summed E-state index contributed by atoms with van der Waals surface area (Å²) < 4.78 is 5.62. The summed E-state index contributed by atoms with van der Waals surface area (Å²) in [5.41, 5.74) is 5.11. The van der Waals surface area contributed by atoms with E-state index in [0.29, 0.717) is 19.1 Å². The molecule has 0 spiro atoms. The summed E-state index contributed by atoms with van der Waals surface area (Å²) in [4.78, 5) is 12.5. The fourth-order valence-corrected chi connectivity index (χ4v) is 3.27. The fourth-order valence-electron chi connectivity index (χ4n) is 3.27. The van der Waals surface area contributed by atoms with Crippen molar-refractivity contribution < 1.29 is 9.53 Å². The van der Waals surface area contributed by atoms with Crippen molar-refractivity contribution in [1.82, 2.24) is 5.32 Å². The van der Waals surface area contributed by atoms with Gasteiger partial charge in [-0.3, -0.25) is 4.79 Å². The molecule has 1 saturated heterocycles. The van der Waals surface area contributed by atoms with E-state index in [0.717, 1.165) is 32.1 Å². The average Bonchev–Trinajstić information content (AvgIpc) is 2.80. The molecule has 2 aliphatic rings. The van der Waals surface area contributed by atoms with Gasteiger partial charge in [-0.25, -0.2) is 0 Å². The van der Waals surface area contributed by atoms with Crippen molar-refractivity contribution >= 4 is 5.91 Å². The third-order valence-corrected chi connectivity index (χ3v) is 4.88. The van der Waals surface area contributed by atoms with Gasteiger partial charge in [-0.05, 0) is 38.5 Å². The van der Waals surface area contributed by atoms with Crippen molar-refractivity contribution in [3.63, 3.8) is 0 Å². The molecule has 3 unspecified atom stereocenters. The zero-order chi connectivity index (χ0) is 13.2. The van der Waals surface area contributed by atoms with Crippen LogP contribution >= 0.6 is 0 Å². The van der Waals surface area contributed by atoms with E-state index >= 15 is 0 Å². The molecule has 0 aromatic carbocycles. The Morgan fingerprint density at radius 3 is 2.72 bits per heavy atom. The number of hydrogen-bond donors (Lipinski definition) is 2. The van der Waals surface area contributed by atoms with Gasteiger partial charge in [0.05, 0.1) is 5.54 Å². The molecule has 0 bridgehead atoms. The Balaban J connectivity index is 2.07. The van der Waals surface area contributed by atoms with Crippen LogP contribution in [0.5, 0.6) is 0 Å². The normalized spacial score (nSPS) is 40.7. The van der Waals surface area contributed by atoms with E-state index in [2.05, 4.69) is 12.2 Å². The van der Waals surface area contributed by atoms with E-state index in [9.17, 15) is 4.79 Å².